The Bertz CT molecular complexity index is 600. The molecule has 0 aliphatic heterocycles. The van der Waals surface area contributed by atoms with Crippen LogP contribution in [0.3, 0.4) is 0 Å². The molecule has 0 atom stereocenters. The fraction of sp³-hybridized carbons (Fsp3) is 0.0714. The van der Waals surface area contributed by atoms with Gasteiger partial charge in [-0.15, -0.1) is 0 Å². The molecule has 0 N–H and O–H groups in total. The SMILES string of the molecule is Cc1c(F)c(-c2ccccc2)cc(Cl)c1C#N. The number of nitriles is 1. The first kappa shape index (κ1) is 11.6. The maximum atomic E-state index is 14.1. The highest BCUT2D eigenvalue weighted by Crippen LogP contribution is 2.31. The van der Waals surface area contributed by atoms with Crippen LogP contribution in [0.4, 0.5) is 4.39 Å². The molecule has 17 heavy (non-hydrogen) atoms. The van der Waals surface area contributed by atoms with E-state index in [-0.39, 0.29) is 10.6 Å². The number of benzene rings is 2. The van der Waals surface area contributed by atoms with Crippen molar-refractivity contribution >= 4 is 11.6 Å². The van der Waals surface area contributed by atoms with E-state index in [9.17, 15) is 4.39 Å². The van der Waals surface area contributed by atoms with Crippen LogP contribution in [0, 0.1) is 24.1 Å². The van der Waals surface area contributed by atoms with Gasteiger partial charge in [-0.2, -0.15) is 5.26 Å². The van der Waals surface area contributed by atoms with Crippen LogP contribution in [0.2, 0.25) is 5.02 Å². The normalized spacial score (nSPS) is 10.0. The fourth-order valence-corrected chi connectivity index (χ4v) is 2.01. The lowest BCUT2D eigenvalue weighted by atomic mass is 9.99. The van der Waals surface area contributed by atoms with Crippen LogP contribution in [-0.4, -0.2) is 0 Å². The molecular weight excluding hydrogens is 237 g/mol. The Balaban J connectivity index is 2.71. The molecule has 0 heterocycles. The molecule has 0 unspecified atom stereocenters. The van der Waals surface area contributed by atoms with Crippen molar-refractivity contribution in [3.05, 3.63) is 58.4 Å². The largest absolute Gasteiger partial charge is 0.206 e. The van der Waals surface area contributed by atoms with Crippen LogP contribution in [0.1, 0.15) is 11.1 Å². The molecule has 84 valence electrons. The first-order chi connectivity index (χ1) is 8.15. The zero-order chi connectivity index (χ0) is 12.4. The highest BCUT2D eigenvalue weighted by Gasteiger charge is 2.14. The Morgan fingerprint density at radius 1 is 1.24 bits per heavy atom. The molecule has 0 aliphatic rings. The van der Waals surface area contributed by atoms with Crippen molar-refractivity contribution in [1.29, 1.82) is 5.26 Å². The summed E-state index contributed by atoms with van der Waals surface area (Å²) in [4.78, 5) is 0. The molecule has 2 aromatic carbocycles. The second kappa shape index (κ2) is 4.57. The van der Waals surface area contributed by atoms with Gasteiger partial charge in [0.1, 0.15) is 11.9 Å². The zero-order valence-electron chi connectivity index (χ0n) is 9.17. The van der Waals surface area contributed by atoms with Crippen molar-refractivity contribution in [2.24, 2.45) is 0 Å². The van der Waals surface area contributed by atoms with E-state index in [0.29, 0.717) is 11.1 Å². The highest BCUT2D eigenvalue weighted by molar-refractivity contribution is 6.32. The van der Waals surface area contributed by atoms with Gasteiger partial charge in [-0.05, 0) is 18.6 Å². The summed E-state index contributed by atoms with van der Waals surface area (Å²) in [7, 11) is 0. The van der Waals surface area contributed by atoms with Crippen molar-refractivity contribution in [2.45, 2.75) is 6.92 Å². The van der Waals surface area contributed by atoms with Gasteiger partial charge in [0, 0.05) is 11.1 Å². The molecule has 0 saturated heterocycles. The molecule has 0 radical (unpaired) electrons. The van der Waals surface area contributed by atoms with Gasteiger partial charge in [0.05, 0.1) is 10.6 Å². The predicted molar refractivity (Wildman–Crippen MR) is 66.3 cm³/mol. The number of rotatable bonds is 1. The van der Waals surface area contributed by atoms with Gasteiger partial charge < -0.3 is 0 Å². The summed E-state index contributed by atoms with van der Waals surface area (Å²) < 4.78 is 14.1. The van der Waals surface area contributed by atoms with E-state index < -0.39 is 5.82 Å². The molecule has 0 aromatic heterocycles. The molecule has 0 fully saturated rings. The van der Waals surface area contributed by atoms with E-state index in [1.54, 1.807) is 19.1 Å². The summed E-state index contributed by atoms with van der Waals surface area (Å²) in [5.41, 5.74) is 1.66. The molecule has 0 bridgehead atoms. The van der Waals surface area contributed by atoms with Gasteiger partial charge in [0.2, 0.25) is 0 Å². The first-order valence-electron chi connectivity index (χ1n) is 5.09. The molecule has 0 spiro atoms. The summed E-state index contributed by atoms with van der Waals surface area (Å²) >= 11 is 5.97. The van der Waals surface area contributed by atoms with E-state index in [1.165, 1.54) is 6.07 Å². The van der Waals surface area contributed by atoms with E-state index in [1.807, 2.05) is 24.3 Å². The smallest absolute Gasteiger partial charge is 0.135 e. The lowest BCUT2D eigenvalue weighted by Gasteiger charge is -2.09. The van der Waals surface area contributed by atoms with Gasteiger partial charge >= 0.3 is 0 Å². The van der Waals surface area contributed by atoms with Crippen molar-refractivity contribution in [1.82, 2.24) is 0 Å². The zero-order valence-corrected chi connectivity index (χ0v) is 9.92. The predicted octanol–water partition coefficient (Wildman–Crippen LogP) is 4.33. The summed E-state index contributed by atoms with van der Waals surface area (Å²) in [6.45, 7) is 1.56. The minimum absolute atomic E-state index is 0.198. The quantitative estimate of drug-likeness (QED) is 0.734. The van der Waals surface area contributed by atoms with Gasteiger partial charge in [-0.1, -0.05) is 41.9 Å². The molecule has 2 aromatic rings. The van der Waals surface area contributed by atoms with Crippen molar-refractivity contribution in [3.63, 3.8) is 0 Å². The average molecular weight is 246 g/mol. The van der Waals surface area contributed by atoms with E-state index in [0.717, 1.165) is 5.56 Å². The summed E-state index contributed by atoms with van der Waals surface area (Å²) in [6.07, 6.45) is 0. The fourth-order valence-electron chi connectivity index (χ4n) is 1.72. The standard InChI is InChI=1S/C14H9ClFN/c1-9-12(8-17)13(15)7-11(14(9)16)10-5-3-2-4-6-10/h2-7H,1H3. The van der Waals surface area contributed by atoms with E-state index >= 15 is 0 Å². The molecule has 0 saturated carbocycles. The summed E-state index contributed by atoms with van der Waals surface area (Å²) in [5.74, 6) is -0.392. The maximum absolute atomic E-state index is 14.1. The van der Waals surface area contributed by atoms with Crippen LogP contribution >= 0.6 is 11.6 Å². The first-order valence-corrected chi connectivity index (χ1v) is 5.47. The van der Waals surface area contributed by atoms with E-state index in [2.05, 4.69) is 0 Å². The maximum Gasteiger partial charge on any atom is 0.135 e. The summed E-state index contributed by atoms with van der Waals surface area (Å²) in [6, 6.07) is 12.5. The number of nitrogens with zero attached hydrogens (tertiary/aromatic N) is 1. The lowest BCUT2D eigenvalue weighted by molar-refractivity contribution is 0.621. The van der Waals surface area contributed by atoms with Crippen LogP contribution in [-0.2, 0) is 0 Å². The van der Waals surface area contributed by atoms with Gasteiger partial charge in [0.25, 0.3) is 0 Å². The minimum atomic E-state index is -0.392. The monoisotopic (exact) mass is 245 g/mol. The number of hydrogen-bond donors (Lipinski definition) is 0. The highest BCUT2D eigenvalue weighted by atomic mass is 35.5. The van der Waals surface area contributed by atoms with Gasteiger partial charge in [-0.25, -0.2) is 4.39 Å². The minimum Gasteiger partial charge on any atom is -0.206 e. The molecular formula is C14H9ClFN. The number of hydrogen-bond acceptors (Lipinski definition) is 1. The summed E-state index contributed by atoms with van der Waals surface area (Å²) in [5, 5.41) is 9.17. The molecule has 3 heteroatoms. The van der Waals surface area contributed by atoms with Crippen molar-refractivity contribution < 1.29 is 4.39 Å². The Hall–Kier alpha value is -1.85. The molecule has 2 rings (SSSR count). The number of halogens is 2. The molecule has 0 amide bonds. The van der Waals surface area contributed by atoms with E-state index in [4.69, 9.17) is 16.9 Å². The third kappa shape index (κ3) is 2.02. The van der Waals surface area contributed by atoms with Crippen LogP contribution in [0.15, 0.2) is 36.4 Å². The van der Waals surface area contributed by atoms with Gasteiger partial charge in [-0.3, -0.25) is 0 Å². The van der Waals surface area contributed by atoms with Crippen LogP contribution in [0.25, 0.3) is 11.1 Å². The Morgan fingerprint density at radius 3 is 2.47 bits per heavy atom. The lowest BCUT2D eigenvalue weighted by Crippen LogP contribution is -1.94. The van der Waals surface area contributed by atoms with Crippen LogP contribution < -0.4 is 0 Å². The van der Waals surface area contributed by atoms with Crippen LogP contribution in [0.5, 0.6) is 0 Å². The third-order valence-electron chi connectivity index (χ3n) is 2.65. The van der Waals surface area contributed by atoms with Crippen molar-refractivity contribution in [3.8, 4) is 17.2 Å². The molecule has 0 aliphatic carbocycles. The van der Waals surface area contributed by atoms with Crippen molar-refractivity contribution in [2.75, 3.05) is 0 Å². The average Bonchev–Trinajstić information content (AvgIpc) is 2.35. The van der Waals surface area contributed by atoms with Gasteiger partial charge in [0.15, 0.2) is 0 Å². The Kier molecular flexibility index (Phi) is 3.12. The Labute approximate surface area is 104 Å². The topological polar surface area (TPSA) is 23.8 Å². The Morgan fingerprint density at radius 2 is 1.88 bits per heavy atom. The second-order valence-electron chi connectivity index (χ2n) is 3.70. The third-order valence-corrected chi connectivity index (χ3v) is 2.95. The molecule has 1 nitrogen and oxygen atoms in total. The second-order valence-corrected chi connectivity index (χ2v) is 4.10.